The van der Waals surface area contributed by atoms with Crippen molar-refractivity contribution in [2.24, 2.45) is 10.7 Å². The third-order valence-corrected chi connectivity index (χ3v) is 7.10. The van der Waals surface area contributed by atoms with Crippen LogP contribution in [0, 0.1) is 0 Å². The minimum absolute atomic E-state index is 0. The van der Waals surface area contributed by atoms with Crippen LogP contribution in [0.3, 0.4) is 0 Å². The SMILES string of the molecule is N[C@@H](CS)C(=O)N[C@@H](CS)C(=O)N[C@@H](CS)C(=O)NCCOCCOCCOCCOCCOCCOCCC([O-])=NC(CC(=O)[O-])C(=O)O.[Na+].[Na+]. The zero-order valence-corrected chi connectivity index (χ0v) is 36.3. The summed E-state index contributed by atoms with van der Waals surface area (Å²) in [6, 6.07) is -4.49. The number of thiol groups is 3. The zero-order valence-electron chi connectivity index (χ0n) is 29.7. The van der Waals surface area contributed by atoms with Gasteiger partial charge < -0.3 is 70.2 Å². The number of ether oxygens (including phenoxy) is 6. The van der Waals surface area contributed by atoms with E-state index in [0.717, 1.165) is 0 Å². The van der Waals surface area contributed by atoms with Crippen LogP contribution in [-0.4, -0.2) is 168 Å². The molecule has 6 N–H and O–H groups in total. The van der Waals surface area contributed by atoms with Gasteiger partial charge in [-0.2, -0.15) is 37.9 Å². The number of hydrogen-bond acceptors (Lipinski definition) is 18. The maximum Gasteiger partial charge on any atom is 1.00 e. The minimum Gasteiger partial charge on any atom is -0.862 e. The minimum atomic E-state index is -1.68. The van der Waals surface area contributed by atoms with Crippen molar-refractivity contribution in [2.45, 2.75) is 37.0 Å². The molecule has 0 aromatic heterocycles. The van der Waals surface area contributed by atoms with E-state index in [1.165, 1.54) is 0 Å². The fourth-order valence-corrected chi connectivity index (χ4v) is 4.02. The molecule has 3 amide bonds. The van der Waals surface area contributed by atoms with Gasteiger partial charge >= 0.3 is 65.1 Å². The second-order valence-corrected chi connectivity index (χ2v) is 11.0. The number of nitrogens with two attached hydrogens (primary N) is 1. The molecular formula is C28H49N5Na2O14S3. The average molecular weight is 822 g/mol. The first-order chi connectivity index (χ1) is 24.0. The van der Waals surface area contributed by atoms with Gasteiger partial charge in [0, 0.05) is 36.2 Å². The zero-order chi connectivity index (χ0) is 37.6. The Morgan fingerprint density at radius 1 is 0.635 bits per heavy atom. The van der Waals surface area contributed by atoms with Crippen molar-refractivity contribution in [3.63, 3.8) is 0 Å². The number of nitrogens with zero attached hydrogens (tertiary/aromatic N) is 1. The summed E-state index contributed by atoms with van der Waals surface area (Å²) in [6.07, 6.45) is -1.08. The molecule has 1 unspecified atom stereocenters. The molecule has 0 aromatic carbocycles. The van der Waals surface area contributed by atoms with Crippen LogP contribution in [0.2, 0.25) is 0 Å². The Bertz CT molecular complexity index is 1030. The number of carbonyl (C=O) groups is 5. The van der Waals surface area contributed by atoms with Gasteiger partial charge in [-0.25, -0.2) is 4.79 Å². The van der Waals surface area contributed by atoms with Gasteiger partial charge in [0.2, 0.25) is 17.7 Å². The molecule has 0 rings (SSSR count). The summed E-state index contributed by atoms with van der Waals surface area (Å²) in [6.45, 7) is 3.48. The molecule has 52 heavy (non-hydrogen) atoms. The van der Waals surface area contributed by atoms with Crippen LogP contribution in [-0.2, 0) is 52.4 Å². The smallest absolute Gasteiger partial charge is 0.862 e. The Labute approximate surface area is 364 Å². The number of hydrogen-bond donors (Lipinski definition) is 8. The third kappa shape index (κ3) is 30.9. The van der Waals surface area contributed by atoms with E-state index in [9.17, 15) is 34.2 Å². The van der Waals surface area contributed by atoms with Gasteiger partial charge in [0.05, 0.1) is 85.3 Å². The van der Waals surface area contributed by atoms with E-state index >= 15 is 0 Å². The largest absolute Gasteiger partial charge is 1.00 e. The summed E-state index contributed by atoms with van der Waals surface area (Å²) in [7, 11) is 0. The number of aliphatic carboxylic acids is 2. The molecule has 0 aliphatic rings. The Balaban J connectivity index is -0.0000120. The molecule has 0 radical (unpaired) electrons. The Hall–Kier alpha value is -0.410. The molecule has 0 aliphatic heterocycles. The fourth-order valence-electron chi connectivity index (χ4n) is 3.34. The van der Waals surface area contributed by atoms with Crippen LogP contribution in [0.25, 0.3) is 0 Å². The van der Waals surface area contributed by atoms with Gasteiger partial charge in [0.1, 0.15) is 12.1 Å². The van der Waals surface area contributed by atoms with Crippen molar-refractivity contribution >= 4 is 73.4 Å². The van der Waals surface area contributed by atoms with E-state index in [1.54, 1.807) is 0 Å². The first-order valence-electron chi connectivity index (χ1n) is 15.6. The molecule has 0 fully saturated rings. The molecular weight excluding hydrogens is 773 g/mol. The van der Waals surface area contributed by atoms with Crippen molar-refractivity contribution in [3.8, 4) is 0 Å². The van der Waals surface area contributed by atoms with E-state index < -0.39 is 66.1 Å². The predicted octanol–water partition coefficient (Wildman–Crippen LogP) is -11.0. The molecule has 0 aromatic rings. The first-order valence-corrected chi connectivity index (χ1v) is 17.5. The molecule has 0 heterocycles. The number of carboxylic acid groups (broad SMARTS) is 2. The molecule has 0 saturated carbocycles. The molecule has 4 atom stereocenters. The summed E-state index contributed by atoms with van der Waals surface area (Å²) in [5.41, 5.74) is 5.60. The maximum atomic E-state index is 12.5. The second kappa shape index (κ2) is 37.5. The number of amides is 3. The van der Waals surface area contributed by atoms with Gasteiger partial charge in [0.25, 0.3) is 0 Å². The number of rotatable bonds is 33. The van der Waals surface area contributed by atoms with Gasteiger partial charge in [-0.3, -0.25) is 19.4 Å². The number of aliphatic imine (C=N–C) groups is 1. The van der Waals surface area contributed by atoms with Gasteiger partial charge in [0.15, 0.2) is 6.04 Å². The van der Waals surface area contributed by atoms with Crippen molar-refractivity contribution in [2.75, 3.05) is 103 Å². The third-order valence-electron chi connectivity index (χ3n) is 5.98. The molecule has 0 aliphatic carbocycles. The van der Waals surface area contributed by atoms with E-state index in [-0.39, 0.29) is 116 Å². The number of carboxylic acids is 2. The molecule has 24 heteroatoms. The van der Waals surface area contributed by atoms with Crippen molar-refractivity contribution in [1.29, 1.82) is 0 Å². The van der Waals surface area contributed by atoms with Crippen molar-refractivity contribution in [1.82, 2.24) is 16.0 Å². The van der Waals surface area contributed by atoms with E-state index in [4.69, 9.17) is 39.3 Å². The van der Waals surface area contributed by atoms with Crippen molar-refractivity contribution < 1.29 is 127 Å². The van der Waals surface area contributed by atoms with Crippen LogP contribution >= 0.6 is 37.9 Å². The van der Waals surface area contributed by atoms with E-state index in [1.807, 2.05) is 0 Å². The van der Waals surface area contributed by atoms with E-state index in [2.05, 4.69) is 58.8 Å². The number of carbonyl (C=O) groups excluding carboxylic acids is 4. The normalized spacial score (nSPS) is 13.4. The molecule has 0 spiro atoms. The Morgan fingerprint density at radius 2 is 1.04 bits per heavy atom. The summed E-state index contributed by atoms with van der Waals surface area (Å²) in [4.78, 5) is 61.5. The standard InChI is InChI=1S/C28H51N5O14S3.2Na/c29-19(16-48)25(37)32-22(18-50)27(39)33-21(17-49)26(38)30-2-4-43-6-8-45-10-12-47-14-13-46-11-9-44-7-5-42-3-1-23(34)31-20(28(40)41)15-24(35)36;;/h19-22,48-50H,1-18,29H2,(H,30,38)(H,31,34)(H,32,37)(H,33,39)(H,35,36)(H,40,41);;/q;2*+1/p-2/t19-,20?,21-,22-;;/m0../s1. The van der Waals surface area contributed by atoms with Gasteiger partial charge in [-0.1, -0.05) is 0 Å². The molecule has 19 nitrogen and oxygen atoms in total. The monoisotopic (exact) mass is 821 g/mol. The average Bonchev–Trinajstić information content (AvgIpc) is 3.08. The van der Waals surface area contributed by atoms with E-state index in [0.29, 0.717) is 52.9 Å². The summed E-state index contributed by atoms with van der Waals surface area (Å²) >= 11 is 12.1. The summed E-state index contributed by atoms with van der Waals surface area (Å²) in [5.74, 6) is -5.40. The Kier molecular flexibility index (Phi) is 40.3. The van der Waals surface area contributed by atoms with Crippen LogP contribution in [0.1, 0.15) is 12.8 Å². The first kappa shape index (κ1) is 55.9. The molecule has 0 bridgehead atoms. The van der Waals surface area contributed by atoms with Crippen LogP contribution in [0.4, 0.5) is 0 Å². The fraction of sp³-hybridized carbons (Fsp3) is 0.786. The predicted molar refractivity (Wildman–Crippen MR) is 184 cm³/mol. The maximum absolute atomic E-state index is 12.5. The molecule has 290 valence electrons. The molecule has 0 saturated heterocycles. The van der Waals surface area contributed by atoms with Crippen LogP contribution < -0.4 is 91.0 Å². The summed E-state index contributed by atoms with van der Waals surface area (Å²) in [5, 5.41) is 38.6. The van der Waals surface area contributed by atoms with Gasteiger partial charge in [-0.15, -0.1) is 0 Å². The second-order valence-electron chi connectivity index (χ2n) is 9.94. The number of nitrogens with one attached hydrogen (secondary N) is 3. The summed E-state index contributed by atoms with van der Waals surface area (Å²) < 4.78 is 32.1. The topological polar surface area (TPSA) is 282 Å². The van der Waals surface area contributed by atoms with Crippen LogP contribution in [0.15, 0.2) is 4.99 Å². The van der Waals surface area contributed by atoms with Crippen molar-refractivity contribution in [3.05, 3.63) is 0 Å². The van der Waals surface area contributed by atoms with Gasteiger partial charge in [-0.05, 0) is 12.3 Å². The van der Waals surface area contributed by atoms with Crippen LogP contribution in [0.5, 0.6) is 0 Å². The quantitative estimate of drug-likeness (QED) is 0.0100. The Morgan fingerprint density at radius 3 is 1.44 bits per heavy atom.